The van der Waals surface area contributed by atoms with Gasteiger partial charge in [0.1, 0.15) is 23.5 Å². The van der Waals surface area contributed by atoms with Gasteiger partial charge in [-0.1, -0.05) is 0 Å². The standard InChI is InChI=1S/C11H14N4O2/c1-6-8(5-12)10(15(2)14-6)13-9(11(16)17)7-3-4-7/h7,9,13H,3-4H2,1-2H3,(H,16,17). The van der Waals surface area contributed by atoms with E-state index >= 15 is 0 Å². The van der Waals surface area contributed by atoms with E-state index in [1.54, 1.807) is 14.0 Å². The second kappa shape index (κ2) is 4.09. The Hall–Kier alpha value is -2.03. The number of nitrogens with one attached hydrogen (secondary N) is 1. The summed E-state index contributed by atoms with van der Waals surface area (Å²) in [6, 6.07) is 1.42. The zero-order valence-corrected chi connectivity index (χ0v) is 9.77. The molecule has 1 saturated carbocycles. The van der Waals surface area contributed by atoms with E-state index in [-0.39, 0.29) is 5.92 Å². The van der Waals surface area contributed by atoms with Gasteiger partial charge >= 0.3 is 5.97 Å². The van der Waals surface area contributed by atoms with Gasteiger partial charge in [-0.2, -0.15) is 10.4 Å². The zero-order valence-electron chi connectivity index (χ0n) is 9.77. The fourth-order valence-electron chi connectivity index (χ4n) is 1.92. The zero-order chi connectivity index (χ0) is 12.6. The topological polar surface area (TPSA) is 90.9 Å². The minimum atomic E-state index is -0.879. The molecule has 2 N–H and O–H groups in total. The minimum Gasteiger partial charge on any atom is -0.480 e. The fourth-order valence-corrected chi connectivity index (χ4v) is 1.92. The Balaban J connectivity index is 2.28. The second-order valence-corrected chi connectivity index (χ2v) is 4.34. The Kier molecular flexibility index (Phi) is 2.76. The number of carboxylic acids is 1. The molecule has 0 bridgehead atoms. The molecule has 0 spiro atoms. The molecular formula is C11H14N4O2. The van der Waals surface area contributed by atoms with E-state index in [1.807, 2.05) is 6.07 Å². The van der Waals surface area contributed by atoms with Crippen LogP contribution >= 0.6 is 0 Å². The van der Waals surface area contributed by atoms with Gasteiger partial charge in [-0.05, 0) is 25.7 Å². The van der Waals surface area contributed by atoms with E-state index in [0.717, 1.165) is 12.8 Å². The van der Waals surface area contributed by atoms with Crippen LogP contribution < -0.4 is 5.32 Å². The van der Waals surface area contributed by atoms with Gasteiger partial charge in [0, 0.05) is 7.05 Å². The molecular weight excluding hydrogens is 220 g/mol. The molecule has 1 atom stereocenters. The number of nitriles is 1. The maximum atomic E-state index is 11.1. The van der Waals surface area contributed by atoms with E-state index in [4.69, 9.17) is 10.4 Å². The third kappa shape index (κ3) is 2.09. The van der Waals surface area contributed by atoms with E-state index < -0.39 is 12.0 Å². The van der Waals surface area contributed by atoms with Crippen LogP contribution in [0, 0.1) is 24.2 Å². The van der Waals surface area contributed by atoms with Crippen LogP contribution in [-0.4, -0.2) is 26.9 Å². The van der Waals surface area contributed by atoms with Crippen molar-refractivity contribution in [1.29, 1.82) is 5.26 Å². The van der Waals surface area contributed by atoms with Crippen molar-refractivity contribution < 1.29 is 9.90 Å². The lowest BCUT2D eigenvalue weighted by molar-refractivity contribution is -0.138. The molecule has 0 amide bonds. The molecule has 0 radical (unpaired) electrons. The molecule has 6 heteroatoms. The predicted octanol–water partition coefficient (Wildman–Crippen LogP) is 0.875. The SMILES string of the molecule is Cc1nn(C)c(NC(C(=O)O)C2CC2)c1C#N. The molecule has 1 aliphatic rings. The monoisotopic (exact) mass is 234 g/mol. The molecule has 1 aromatic heterocycles. The van der Waals surface area contributed by atoms with Gasteiger partial charge in [-0.15, -0.1) is 0 Å². The summed E-state index contributed by atoms with van der Waals surface area (Å²) in [6.07, 6.45) is 1.84. The normalized spacial score (nSPS) is 16.3. The van der Waals surface area contributed by atoms with Crippen molar-refractivity contribution in [2.45, 2.75) is 25.8 Å². The minimum absolute atomic E-state index is 0.161. The number of aliphatic carboxylic acids is 1. The average molecular weight is 234 g/mol. The summed E-state index contributed by atoms with van der Waals surface area (Å²) >= 11 is 0. The number of carbonyl (C=O) groups is 1. The Bertz CT molecular complexity index is 496. The van der Waals surface area contributed by atoms with Gasteiger partial charge in [0.2, 0.25) is 0 Å². The van der Waals surface area contributed by atoms with Crippen molar-refractivity contribution in [3.63, 3.8) is 0 Å². The van der Waals surface area contributed by atoms with Crippen LogP contribution in [0.15, 0.2) is 0 Å². The summed E-state index contributed by atoms with van der Waals surface area (Å²) in [5.74, 6) is -0.228. The lowest BCUT2D eigenvalue weighted by Crippen LogP contribution is -2.32. The number of carboxylic acid groups (broad SMARTS) is 1. The van der Waals surface area contributed by atoms with Crippen molar-refractivity contribution in [3.05, 3.63) is 11.3 Å². The van der Waals surface area contributed by atoms with Crippen molar-refractivity contribution in [1.82, 2.24) is 9.78 Å². The summed E-state index contributed by atoms with van der Waals surface area (Å²) in [7, 11) is 1.70. The highest BCUT2D eigenvalue weighted by atomic mass is 16.4. The van der Waals surface area contributed by atoms with E-state index in [2.05, 4.69) is 10.4 Å². The molecule has 1 fully saturated rings. The molecule has 0 aromatic carbocycles. The van der Waals surface area contributed by atoms with Crippen molar-refractivity contribution in [2.75, 3.05) is 5.32 Å². The van der Waals surface area contributed by atoms with Crippen molar-refractivity contribution in [3.8, 4) is 6.07 Å². The lowest BCUT2D eigenvalue weighted by atomic mass is 10.1. The highest BCUT2D eigenvalue weighted by Gasteiger charge is 2.37. The molecule has 1 unspecified atom stereocenters. The summed E-state index contributed by atoms with van der Waals surface area (Å²) in [4.78, 5) is 11.1. The molecule has 90 valence electrons. The number of hydrogen-bond donors (Lipinski definition) is 2. The first kappa shape index (κ1) is 11.5. The third-order valence-electron chi connectivity index (χ3n) is 2.99. The highest BCUT2D eigenvalue weighted by Crippen LogP contribution is 2.35. The lowest BCUT2D eigenvalue weighted by Gasteiger charge is -2.15. The number of aromatic nitrogens is 2. The molecule has 0 saturated heterocycles. The van der Waals surface area contributed by atoms with Crippen LogP contribution in [-0.2, 0) is 11.8 Å². The molecule has 1 heterocycles. The van der Waals surface area contributed by atoms with Crippen molar-refractivity contribution in [2.24, 2.45) is 13.0 Å². The third-order valence-corrected chi connectivity index (χ3v) is 2.99. The Morgan fingerprint density at radius 2 is 2.35 bits per heavy atom. The number of nitrogens with zero attached hydrogens (tertiary/aromatic N) is 3. The van der Waals surface area contributed by atoms with Crippen LogP contribution in [0.1, 0.15) is 24.1 Å². The quantitative estimate of drug-likeness (QED) is 0.806. The Labute approximate surface area is 98.9 Å². The van der Waals surface area contributed by atoms with Gasteiger partial charge in [-0.3, -0.25) is 4.68 Å². The Morgan fingerprint density at radius 1 is 1.71 bits per heavy atom. The highest BCUT2D eigenvalue weighted by molar-refractivity contribution is 5.78. The maximum Gasteiger partial charge on any atom is 0.326 e. The molecule has 6 nitrogen and oxygen atoms in total. The van der Waals surface area contributed by atoms with Crippen LogP contribution in [0.25, 0.3) is 0 Å². The Morgan fingerprint density at radius 3 is 2.82 bits per heavy atom. The van der Waals surface area contributed by atoms with Crippen LogP contribution in [0.3, 0.4) is 0 Å². The van der Waals surface area contributed by atoms with Gasteiger partial charge < -0.3 is 10.4 Å². The molecule has 1 aromatic rings. The average Bonchev–Trinajstić information content (AvgIpc) is 3.02. The first-order valence-electron chi connectivity index (χ1n) is 5.47. The summed E-state index contributed by atoms with van der Waals surface area (Å²) in [5, 5.41) is 25.2. The summed E-state index contributed by atoms with van der Waals surface area (Å²) < 4.78 is 1.52. The van der Waals surface area contributed by atoms with Crippen LogP contribution in [0.5, 0.6) is 0 Å². The molecule has 17 heavy (non-hydrogen) atoms. The van der Waals surface area contributed by atoms with Gasteiger partial charge in [0.05, 0.1) is 5.69 Å². The molecule has 2 rings (SSSR count). The van der Waals surface area contributed by atoms with Gasteiger partial charge in [0.15, 0.2) is 0 Å². The van der Waals surface area contributed by atoms with Crippen molar-refractivity contribution >= 4 is 11.8 Å². The summed E-state index contributed by atoms with van der Waals surface area (Å²) in [6.45, 7) is 1.73. The first-order chi connectivity index (χ1) is 8.04. The second-order valence-electron chi connectivity index (χ2n) is 4.34. The van der Waals surface area contributed by atoms with E-state index in [1.165, 1.54) is 4.68 Å². The van der Waals surface area contributed by atoms with Crippen LogP contribution in [0.2, 0.25) is 0 Å². The number of rotatable bonds is 4. The fraction of sp³-hybridized carbons (Fsp3) is 0.545. The number of anilines is 1. The maximum absolute atomic E-state index is 11.1. The molecule has 0 aliphatic heterocycles. The number of hydrogen-bond acceptors (Lipinski definition) is 4. The largest absolute Gasteiger partial charge is 0.480 e. The van der Waals surface area contributed by atoms with E-state index in [0.29, 0.717) is 17.1 Å². The van der Waals surface area contributed by atoms with Crippen LogP contribution in [0.4, 0.5) is 5.82 Å². The number of aryl methyl sites for hydroxylation is 2. The smallest absolute Gasteiger partial charge is 0.326 e. The first-order valence-corrected chi connectivity index (χ1v) is 5.47. The van der Waals surface area contributed by atoms with Gasteiger partial charge in [0.25, 0.3) is 0 Å². The predicted molar refractivity (Wildman–Crippen MR) is 60.4 cm³/mol. The van der Waals surface area contributed by atoms with E-state index in [9.17, 15) is 4.79 Å². The molecule has 1 aliphatic carbocycles. The summed E-state index contributed by atoms with van der Waals surface area (Å²) in [5.41, 5.74) is 1.02. The van der Waals surface area contributed by atoms with Gasteiger partial charge in [-0.25, -0.2) is 4.79 Å².